The molecule has 0 bridgehead atoms. The maximum atomic E-state index is 11.9. The number of pyridine rings is 1. The van der Waals surface area contributed by atoms with E-state index in [-0.39, 0.29) is 11.2 Å². The van der Waals surface area contributed by atoms with Gasteiger partial charge >= 0.3 is 0 Å². The fourth-order valence-corrected chi connectivity index (χ4v) is 3.44. The average Bonchev–Trinajstić information content (AvgIpc) is 2.52. The number of rotatable bonds is 7. The second-order valence-corrected chi connectivity index (χ2v) is 6.89. The average molecular weight is 321 g/mol. The molecule has 1 fully saturated rings. The van der Waals surface area contributed by atoms with E-state index in [0.717, 1.165) is 44.7 Å². The molecule has 0 aliphatic carbocycles. The van der Waals surface area contributed by atoms with Crippen LogP contribution in [0.4, 0.5) is 0 Å². The molecule has 0 radical (unpaired) electrons. The molecule has 1 atom stereocenters. The molecule has 1 aliphatic heterocycles. The van der Waals surface area contributed by atoms with Gasteiger partial charge in [0.25, 0.3) is 0 Å². The van der Waals surface area contributed by atoms with Crippen LogP contribution >= 0.6 is 0 Å². The molecule has 1 aliphatic rings. The van der Waals surface area contributed by atoms with E-state index < -0.39 is 0 Å². The molecule has 2 heterocycles. The van der Waals surface area contributed by atoms with E-state index >= 15 is 0 Å². The molecule has 1 N–H and O–H groups in total. The van der Waals surface area contributed by atoms with Gasteiger partial charge in [-0.3, -0.25) is 9.69 Å². The Balaban J connectivity index is 2.14. The van der Waals surface area contributed by atoms with Crippen LogP contribution in [0.1, 0.15) is 44.7 Å². The number of aromatic nitrogens is 1. The van der Waals surface area contributed by atoms with Gasteiger partial charge in [-0.25, -0.2) is 0 Å². The molecule has 1 aromatic rings. The Kier molecular flexibility index (Phi) is 6.66. The lowest BCUT2D eigenvalue weighted by Gasteiger charge is -2.35. The molecular formula is C18H31N3O2. The van der Waals surface area contributed by atoms with Crippen molar-refractivity contribution in [1.29, 1.82) is 0 Å². The summed E-state index contributed by atoms with van der Waals surface area (Å²) in [5.74, 6) is -0.149. The van der Waals surface area contributed by atoms with E-state index in [1.54, 1.807) is 12.3 Å². The van der Waals surface area contributed by atoms with Gasteiger partial charge in [0.1, 0.15) is 0 Å². The third-order valence-corrected chi connectivity index (χ3v) is 4.79. The summed E-state index contributed by atoms with van der Waals surface area (Å²) in [5, 5.41) is 9.78. The molecule has 2 rings (SSSR count). The zero-order valence-corrected chi connectivity index (χ0v) is 14.8. The highest BCUT2D eigenvalue weighted by molar-refractivity contribution is 5.20. The van der Waals surface area contributed by atoms with E-state index in [4.69, 9.17) is 0 Å². The van der Waals surface area contributed by atoms with Crippen molar-refractivity contribution >= 4 is 0 Å². The van der Waals surface area contributed by atoms with Crippen LogP contribution in [0.5, 0.6) is 5.75 Å². The summed E-state index contributed by atoms with van der Waals surface area (Å²) in [5.41, 5.74) is 0.751. The molecule has 23 heavy (non-hydrogen) atoms. The lowest BCUT2D eigenvalue weighted by atomic mass is 10.00. The largest absolute Gasteiger partial charge is 0.503 e. The molecule has 0 aromatic carbocycles. The highest BCUT2D eigenvalue weighted by atomic mass is 16.3. The van der Waals surface area contributed by atoms with Crippen molar-refractivity contribution < 1.29 is 5.11 Å². The first-order valence-corrected chi connectivity index (χ1v) is 8.82. The minimum absolute atomic E-state index is 0.149. The van der Waals surface area contributed by atoms with Crippen molar-refractivity contribution in [2.24, 2.45) is 0 Å². The Morgan fingerprint density at radius 1 is 1.35 bits per heavy atom. The molecular weight excluding hydrogens is 290 g/mol. The maximum absolute atomic E-state index is 11.9. The van der Waals surface area contributed by atoms with Gasteiger partial charge in [-0.15, -0.1) is 0 Å². The standard InChI is InChI=1S/C18H31N3O2/c1-4-15-8-5-6-10-20(15)13-16-12-17(22)18(23)14-21(16)11-7-9-19(2)3/h12,14-15,23H,4-11,13H2,1-3H3. The monoisotopic (exact) mass is 321 g/mol. The first-order chi connectivity index (χ1) is 11.0. The number of aromatic hydroxyl groups is 1. The second kappa shape index (κ2) is 8.50. The minimum atomic E-state index is -0.270. The summed E-state index contributed by atoms with van der Waals surface area (Å²) in [6.45, 7) is 5.96. The molecule has 1 unspecified atom stereocenters. The smallest absolute Gasteiger partial charge is 0.223 e. The zero-order valence-electron chi connectivity index (χ0n) is 14.8. The molecule has 5 heteroatoms. The van der Waals surface area contributed by atoms with Gasteiger partial charge in [0.15, 0.2) is 5.75 Å². The summed E-state index contributed by atoms with van der Waals surface area (Å²) in [7, 11) is 4.12. The van der Waals surface area contributed by atoms with Crippen molar-refractivity contribution in [3.63, 3.8) is 0 Å². The van der Waals surface area contributed by atoms with Gasteiger partial charge < -0.3 is 14.6 Å². The lowest BCUT2D eigenvalue weighted by Crippen LogP contribution is -2.39. The van der Waals surface area contributed by atoms with Crippen LogP contribution in [-0.2, 0) is 13.1 Å². The first-order valence-electron chi connectivity index (χ1n) is 8.82. The van der Waals surface area contributed by atoms with E-state index in [0.29, 0.717) is 6.04 Å². The summed E-state index contributed by atoms with van der Waals surface area (Å²) in [4.78, 5) is 16.5. The lowest BCUT2D eigenvalue weighted by molar-refractivity contribution is 0.132. The molecule has 130 valence electrons. The van der Waals surface area contributed by atoms with Crippen molar-refractivity contribution in [1.82, 2.24) is 14.4 Å². The molecule has 1 aromatic heterocycles. The second-order valence-electron chi connectivity index (χ2n) is 6.89. The number of piperidine rings is 1. The minimum Gasteiger partial charge on any atom is -0.503 e. The van der Waals surface area contributed by atoms with Gasteiger partial charge in [0.05, 0.1) is 6.20 Å². The van der Waals surface area contributed by atoms with Crippen LogP contribution in [-0.4, -0.2) is 52.7 Å². The Morgan fingerprint density at radius 3 is 2.83 bits per heavy atom. The highest BCUT2D eigenvalue weighted by Crippen LogP contribution is 2.22. The van der Waals surface area contributed by atoms with Gasteiger partial charge in [-0.05, 0) is 52.9 Å². The third kappa shape index (κ3) is 5.08. The van der Waals surface area contributed by atoms with Crippen LogP contribution in [0.3, 0.4) is 0 Å². The third-order valence-electron chi connectivity index (χ3n) is 4.79. The Hall–Kier alpha value is -1.33. The molecule has 5 nitrogen and oxygen atoms in total. The highest BCUT2D eigenvalue weighted by Gasteiger charge is 2.22. The summed E-state index contributed by atoms with van der Waals surface area (Å²) >= 11 is 0. The number of hydrogen-bond acceptors (Lipinski definition) is 4. The molecule has 0 spiro atoms. The summed E-state index contributed by atoms with van der Waals surface area (Å²) in [6, 6.07) is 2.23. The van der Waals surface area contributed by atoms with E-state index in [1.807, 2.05) is 0 Å². The summed E-state index contributed by atoms with van der Waals surface area (Å²) in [6.07, 6.45) is 7.56. The molecule has 0 saturated carbocycles. The van der Waals surface area contributed by atoms with Gasteiger partial charge in [-0.2, -0.15) is 0 Å². The fourth-order valence-electron chi connectivity index (χ4n) is 3.44. The zero-order chi connectivity index (χ0) is 16.8. The first kappa shape index (κ1) is 18.0. The van der Waals surface area contributed by atoms with Crippen LogP contribution in [0, 0.1) is 0 Å². The predicted molar refractivity (Wildman–Crippen MR) is 93.9 cm³/mol. The van der Waals surface area contributed by atoms with E-state index in [1.165, 1.54) is 19.3 Å². The van der Waals surface area contributed by atoms with Gasteiger partial charge in [-0.1, -0.05) is 13.3 Å². The topological polar surface area (TPSA) is 48.7 Å². The van der Waals surface area contributed by atoms with Crippen molar-refractivity contribution in [2.45, 2.75) is 58.2 Å². The van der Waals surface area contributed by atoms with Crippen LogP contribution < -0.4 is 5.43 Å². The Bertz CT molecular complexity index is 554. The van der Waals surface area contributed by atoms with Gasteiger partial charge in [0.2, 0.25) is 5.43 Å². The van der Waals surface area contributed by atoms with E-state index in [9.17, 15) is 9.90 Å². The molecule has 0 amide bonds. The summed E-state index contributed by atoms with van der Waals surface area (Å²) < 4.78 is 2.06. The number of nitrogens with zero attached hydrogens (tertiary/aromatic N) is 3. The maximum Gasteiger partial charge on any atom is 0.223 e. The number of hydrogen-bond donors (Lipinski definition) is 1. The van der Waals surface area contributed by atoms with Crippen LogP contribution in [0.2, 0.25) is 0 Å². The van der Waals surface area contributed by atoms with E-state index in [2.05, 4.69) is 35.4 Å². The SMILES string of the molecule is CCC1CCCCN1Cc1cc(=O)c(O)cn1CCCN(C)C. The fraction of sp³-hybridized carbons (Fsp3) is 0.722. The Labute approximate surface area is 139 Å². The van der Waals surface area contributed by atoms with Crippen molar-refractivity contribution in [2.75, 3.05) is 27.2 Å². The van der Waals surface area contributed by atoms with Crippen LogP contribution in [0.25, 0.3) is 0 Å². The van der Waals surface area contributed by atoms with Crippen molar-refractivity contribution in [3.05, 3.63) is 28.2 Å². The van der Waals surface area contributed by atoms with Gasteiger partial charge in [0, 0.05) is 30.9 Å². The van der Waals surface area contributed by atoms with Crippen LogP contribution in [0.15, 0.2) is 17.1 Å². The quantitative estimate of drug-likeness (QED) is 0.837. The Morgan fingerprint density at radius 2 is 2.13 bits per heavy atom. The predicted octanol–water partition coefficient (Wildman–Crippen LogP) is 2.27. The van der Waals surface area contributed by atoms with Crippen molar-refractivity contribution in [3.8, 4) is 5.75 Å². The molecule has 1 saturated heterocycles. The number of likely N-dealkylation sites (tertiary alicyclic amines) is 1. The normalized spacial score (nSPS) is 19.4. The number of aryl methyl sites for hydroxylation is 1.